The Hall–Kier alpha value is -0.120. The molecule has 3 nitrogen and oxygen atoms in total. The first-order valence-electron chi connectivity index (χ1n) is 6.77. The Morgan fingerprint density at radius 3 is 2.94 bits per heavy atom. The molecule has 2 atom stereocenters. The summed E-state index contributed by atoms with van der Waals surface area (Å²) in [4.78, 5) is 0. The number of nitrogens with one attached hydrogen (secondary N) is 1. The first-order valence-corrected chi connectivity index (χ1v) is 6.77. The molecule has 0 amide bonds. The van der Waals surface area contributed by atoms with E-state index in [9.17, 15) is 0 Å². The predicted molar refractivity (Wildman–Crippen MR) is 66.7 cm³/mol. The largest absolute Gasteiger partial charge is 0.382 e. The molecule has 1 fully saturated rings. The van der Waals surface area contributed by atoms with Crippen LogP contribution in [0.1, 0.15) is 39.5 Å². The second-order valence-corrected chi connectivity index (χ2v) is 4.48. The summed E-state index contributed by atoms with van der Waals surface area (Å²) in [6.45, 7) is 8.90. The van der Waals surface area contributed by atoms with E-state index in [4.69, 9.17) is 9.47 Å². The minimum atomic E-state index is 0.616. The fraction of sp³-hybridized carbons (Fsp3) is 1.00. The third kappa shape index (κ3) is 5.28. The Morgan fingerprint density at radius 2 is 2.31 bits per heavy atom. The molecule has 1 rings (SSSR count). The highest BCUT2D eigenvalue weighted by Gasteiger charge is 2.22. The fourth-order valence-corrected chi connectivity index (χ4v) is 2.40. The van der Waals surface area contributed by atoms with E-state index in [1.165, 1.54) is 19.3 Å². The molecule has 0 aromatic carbocycles. The molecule has 1 heterocycles. The molecule has 0 aromatic heterocycles. The molecular formula is C13H27NO2. The number of hydrogen-bond acceptors (Lipinski definition) is 3. The van der Waals surface area contributed by atoms with Crippen LogP contribution < -0.4 is 5.32 Å². The van der Waals surface area contributed by atoms with Crippen LogP contribution in [0, 0.1) is 5.92 Å². The van der Waals surface area contributed by atoms with Crippen LogP contribution in [-0.4, -0.2) is 39.0 Å². The van der Waals surface area contributed by atoms with Crippen molar-refractivity contribution in [3.63, 3.8) is 0 Å². The summed E-state index contributed by atoms with van der Waals surface area (Å²) in [5.41, 5.74) is 0. The van der Waals surface area contributed by atoms with Crippen molar-refractivity contribution in [1.29, 1.82) is 0 Å². The number of hydrogen-bond donors (Lipinski definition) is 1. The van der Waals surface area contributed by atoms with E-state index in [2.05, 4.69) is 19.2 Å². The lowest BCUT2D eigenvalue weighted by Gasteiger charge is -2.30. The molecule has 3 heteroatoms. The van der Waals surface area contributed by atoms with Crippen molar-refractivity contribution in [1.82, 2.24) is 5.32 Å². The second kappa shape index (κ2) is 8.97. The summed E-state index contributed by atoms with van der Waals surface area (Å²) in [6, 6.07) is 0.616. The van der Waals surface area contributed by atoms with Gasteiger partial charge in [-0.1, -0.05) is 6.92 Å². The van der Waals surface area contributed by atoms with Gasteiger partial charge in [0, 0.05) is 25.9 Å². The molecule has 16 heavy (non-hydrogen) atoms. The summed E-state index contributed by atoms with van der Waals surface area (Å²) in [5, 5.41) is 3.59. The van der Waals surface area contributed by atoms with Crippen molar-refractivity contribution in [2.45, 2.75) is 45.6 Å². The summed E-state index contributed by atoms with van der Waals surface area (Å²) in [7, 11) is 0. The molecule has 1 aliphatic heterocycles. The second-order valence-electron chi connectivity index (χ2n) is 4.48. The van der Waals surface area contributed by atoms with Gasteiger partial charge in [-0.25, -0.2) is 0 Å². The Morgan fingerprint density at radius 1 is 1.44 bits per heavy atom. The van der Waals surface area contributed by atoms with Crippen molar-refractivity contribution >= 4 is 0 Å². The van der Waals surface area contributed by atoms with Gasteiger partial charge in [-0.05, 0) is 45.1 Å². The highest BCUT2D eigenvalue weighted by Crippen LogP contribution is 2.20. The van der Waals surface area contributed by atoms with Gasteiger partial charge in [-0.3, -0.25) is 0 Å². The Labute approximate surface area is 99.9 Å². The van der Waals surface area contributed by atoms with Gasteiger partial charge in [-0.15, -0.1) is 0 Å². The number of ether oxygens (including phenoxy) is 2. The van der Waals surface area contributed by atoms with Gasteiger partial charge in [-0.2, -0.15) is 0 Å². The number of rotatable bonds is 8. The average molecular weight is 229 g/mol. The van der Waals surface area contributed by atoms with E-state index >= 15 is 0 Å². The lowest BCUT2D eigenvalue weighted by atomic mass is 9.90. The highest BCUT2D eigenvalue weighted by molar-refractivity contribution is 4.78. The van der Waals surface area contributed by atoms with Gasteiger partial charge in [0.2, 0.25) is 0 Å². The molecule has 96 valence electrons. The molecule has 1 aliphatic rings. The van der Waals surface area contributed by atoms with Crippen molar-refractivity contribution in [2.24, 2.45) is 5.92 Å². The normalized spacial score (nSPS) is 23.2. The third-order valence-corrected chi connectivity index (χ3v) is 3.24. The first-order chi connectivity index (χ1) is 7.88. The topological polar surface area (TPSA) is 30.5 Å². The maximum Gasteiger partial charge on any atom is 0.0509 e. The SMILES string of the molecule is CCNC(CCCOCC)C1CCCOC1. The average Bonchev–Trinajstić information content (AvgIpc) is 2.34. The lowest BCUT2D eigenvalue weighted by Crippen LogP contribution is -2.40. The van der Waals surface area contributed by atoms with E-state index in [0.29, 0.717) is 12.0 Å². The van der Waals surface area contributed by atoms with Crippen LogP contribution in [0.4, 0.5) is 0 Å². The zero-order valence-electron chi connectivity index (χ0n) is 10.8. The van der Waals surface area contributed by atoms with E-state index < -0.39 is 0 Å². The van der Waals surface area contributed by atoms with E-state index in [1.54, 1.807) is 0 Å². The van der Waals surface area contributed by atoms with Crippen LogP contribution in [0.3, 0.4) is 0 Å². The molecule has 0 radical (unpaired) electrons. The molecule has 2 unspecified atom stereocenters. The van der Waals surface area contributed by atoms with Gasteiger partial charge in [0.25, 0.3) is 0 Å². The van der Waals surface area contributed by atoms with Crippen LogP contribution in [-0.2, 0) is 9.47 Å². The van der Waals surface area contributed by atoms with E-state index in [-0.39, 0.29) is 0 Å². The van der Waals surface area contributed by atoms with Crippen LogP contribution in [0.25, 0.3) is 0 Å². The third-order valence-electron chi connectivity index (χ3n) is 3.24. The van der Waals surface area contributed by atoms with Crippen LogP contribution in [0.5, 0.6) is 0 Å². The zero-order chi connectivity index (χ0) is 11.6. The van der Waals surface area contributed by atoms with Gasteiger partial charge in [0.1, 0.15) is 0 Å². The van der Waals surface area contributed by atoms with Crippen molar-refractivity contribution in [2.75, 3.05) is 33.0 Å². The molecule has 1 N–H and O–H groups in total. The van der Waals surface area contributed by atoms with Crippen molar-refractivity contribution in [3.05, 3.63) is 0 Å². The molecule has 0 aromatic rings. The van der Waals surface area contributed by atoms with Crippen molar-refractivity contribution in [3.8, 4) is 0 Å². The van der Waals surface area contributed by atoms with Crippen LogP contribution >= 0.6 is 0 Å². The maximum absolute atomic E-state index is 5.57. The maximum atomic E-state index is 5.57. The fourth-order valence-electron chi connectivity index (χ4n) is 2.40. The minimum Gasteiger partial charge on any atom is -0.382 e. The van der Waals surface area contributed by atoms with Gasteiger partial charge in [0.15, 0.2) is 0 Å². The molecule has 1 saturated heterocycles. The standard InChI is InChI=1S/C13H27NO2/c1-3-14-13(8-6-9-15-4-2)12-7-5-10-16-11-12/h12-14H,3-11H2,1-2H3. The summed E-state index contributed by atoms with van der Waals surface area (Å²) >= 11 is 0. The molecule has 0 bridgehead atoms. The smallest absolute Gasteiger partial charge is 0.0509 e. The van der Waals surface area contributed by atoms with Gasteiger partial charge < -0.3 is 14.8 Å². The van der Waals surface area contributed by atoms with Crippen LogP contribution in [0.2, 0.25) is 0 Å². The summed E-state index contributed by atoms with van der Waals surface area (Å²) in [6.07, 6.45) is 4.90. The lowest BCUT2D eigenvalue weighted by molar-refractivity contribution is 0.0360. The molecular weight excluding hydrogens is 202 g/mol. The monoisotopic (exact) mass is 229 g/mol. The molecule has 0 spiro atoms. The Kier molecular flexibility index (Phi) is 7.81. The molecule has 0 aliphatic carbocycles. The van der Waals surface area contributed by atoms with Gasteiger partial charge >= 0.3 is 0 Å². The summed E-state index contributed by atoms with van der Waals surface area (Å²) < 4.78 is 11.0. The zero-order valence-corrected chi connectivity index (χ0v) is 10.8. The van der Waals surface area contributed by atoms with Crippen molar-refractivity contribution < 1.29 is 9.47 Å². The Balaban J connectivity index is 2.22. The highest BCUT2D eigenvalue weighted by atomic mass is 16.5. The summed E-state index contributed by atoms with van der Waals surface area (Å²) in [5.74, 6) is 0.704. The molecule has 0 saturated carbocycles. The first kappa shape index (κ1) is 13.9. The quantitative estimate of drug-likeness (QED) is 0.647. The van der Waals surface area contributed by atoms with E-state index in [1.807, 2.05) is 0 Å². The van der Waals surface area contributed by atoms with Gasteiger partial charge in [0.05, 0.1) is 6.61 Å². The Bertz CT molecular complexity index is 158. The van der Waals surface area contributed by atoms with Crippen LogP contribution in [0.15, 0.2) is 0 Å². The van der Waals surface area contributed by atoms with E-state index in [0.717, 1.165) is 39.4 Å². The predicted octanol–water partition coefficient (Wildman–Crippen LogP) is 2.21. The minimum absolute atomic E-state index is 0.616.